The third-order valence-electron chi connectivity index (χ3n) is 3.53. The zero-order valence-electron chi connectivity index (χ0n) is 13.1. The molecule has 0 radical (unpaired) electrons. The van der Waals surface area contributed by atoms with E-state index in [1.165, 1.54) is 0 Å². The quantitative estimate of drug-likeness (QED) is 0.692. The Labute approximate surface area is 127 Å². The lowest BCUT2D eigenvalue weighted by atomic mass is 10.2. The molecule has 1 atom stereocenters. The fraction of sp³-hybridized carbons (Fsp3) is 0.867. The van der Waals surface area contributed by atoms with Gasteiger partial charge in [0, 0.05) is 25.3 Å². The summed E-state index contributed by atoms with van der Waals surface area (Å²) in [4.78, 5) is 28.6. The number of unbranched alkanes of at least 4 members (excludes halogenated alkanes) is 1. The number of carbonyl (C=O) groups is 2. The highest BCUT2D eigenvalue weighted by molar-refractivity contribution is 7.99. The monoisotopic (exact) mass is 300 g/mol. The van der Waals surface area contributed by atoms with Crippen molar-refractivity contribution >= 4 is 23.6 Å². The molecule has 0 aromatic heterocycles. The number of hydrogen-bond donors (Lipinski definition) is 0. The molecule has 1 fully saturated rings. The molecule has 0 bridgehead atoms. The molecule has 0 N–H and O–H groups in total. The van der Waals surface area contributed by atoms with Crippen LogP contribution in [0.25, 0.3) is 0 Å². The average Bonchev–Trinajstić information content (AvgIpc) is 2.93. The standard InChI is InChI=1S/C15H28N2O2S/c1-4-7-8-14(18)17-12-20-11-13(17)15(19)16(9-5-2)10-6-3/h13H,4-12H2,1-3H3. The Balaban J connectivity index is 2.66. The zero-order chi connectivity index (χ0) is 15.0. The minimum atomic E-state index is -0.234. The van der Waals surface area contributed by atoms with E-state index in [9.17, 15) is 9.59 Å². The summed E-state index contributed by atoms with van der Waals surface area (Å²) in [6, 6.07) is -0.234. The lowest BCUT2D eigenvalue weighted by Gasteiger charge is -2.29. The molecule has 0 saturated carbocycles. The molecule has 1 aliphatic heterocycles. The third-order valence-corrected chi connectivity index (χ3v) is 4.54. The van der Waals surface area contributed by atoms with Crippen molar-refractivity contribution in [1.82, 2.24) is 9.80 Å². The van der Waals surface area contributed by atoms with Crippen LogP contribution in [-0.4, -0.2) is 52.4 Å². The van der Waals surface area contributed by atoms with Gasteiger partial charge in [-0.05, 0) is 19.3 Å². The van der Waals surface area contributed by atoms with Crippen LogP contribution >= 0.6 is 11.8 Å². The second kappa shape index (κ2) is 9.27. The smallest absolute Gasteiger partial charge is 0.246 e. The van der Waals surface area contributed by atoms with Gasteiger partial charge in [-0.1, -0.05) is 27.2 Å². The normalized spacial score (nSPS) is 18.4. The van der Waals surface area contributed by atoms with E-state index in [1.54, 1.807) is 16.7 Å². The first-order chi connectivity index (χ1) is 9.65. The number of thioether (sulfide) groups is 1. The van der Waals surface area contributed by atoms with Crippen molar-refractivity contribution in [1.29, 1.82) is 0 Å². The minimum absolute atomic E-state index is 0.142. The van der Waals surface area contributed by atoms with Crippen LogP contribution < -0.4 is 0 Å². The van der Waals surface area contributed by atoms with Crippen LogP contribution in [0.2, 0.25) is 0 Å². The van der Waals surface area contributed by atoms with Crippen molar-refractivity contribution < 1.29 is 9.59 Å². The molecule has 1 aliphatic rings. The Morgan fingerprint density at radius 3 is 2.35 bits per heavy atom. The van der Waals surface area contributed by atoms with Gasteiger partial charge >= 0.3 is 0 Å². The van der Waals surface area contributed by atoms with Gasteiger partial charge in [0.25, 0.3) is 0 Å². The number of rotatable bonds is 8. The summed E-state index contributed by atoms with van der Waals surface area (Å²) in [6.45, 7) is 7.85. The number of amides is 2. The summed E-state index contributed by atoms with van der Waals surface area (Å²) in [5, 5.41) is 0. The summed E-state index contributed by atoms with van der Waals surface area (Å²) in [7, 11) is 0. The lowest BCUT2D eigenvalue weighted by Crippen LogP contribution is -2.49. The van der Waals surface area contributed by atoms with Crippen molar-refractivity contribution in [2.75, 3.05) is 24.7 Å². The van der Waals surface area contributed by atoms with Gasteiger partial charge in [0.05, 0.1) is 5.88 Å². The van der Waals surface area contributed by atoms with Gasteiger partial charge in [0.15, 0.2) is 0 Å². The van der Waals surface area contributed by atoms with Crippen LogP contribution in [0.1, 0.15) is 52.9 Å². The largest absolute Gasteiger partial charge is 0.341 e. The predicted molar refractivity (Wildman–Crippen MR) is 84.6 cm³/mol. The summed E-state index contributed by atoms with van der Waals surface area (Å²) in [5.74, 6) is 1.71. The Kier molecular flexibility index (Phi) is 8.04. The van der Waals surface area contributed by atoms with Crippen LogP contribution in [0, 0.1) is 0 Å². The Morgan fingerprint density at radius 2 is 1.80 bits per heavy atom. The lowest BCUT2D eigenvalue weighted by molar-refractivity contribution is -0.143. The highest BCUT2D eigenvalue weighted by Gasteiger charge is 2.36. The average molecular weight is 300 g/mol. The number of nitrogens with zero attached hydrogens (tertiary/aromatic N) is 2. The van der Waals surface area contributed by atoms with E-state index in [0.717, 1.165) is 44.5 Å². The van der Waals surface area contributed by atoms with Gasteiger partial charge in [-0.3, -0.25) is 9.59 Å². The van der Waals surface area contributed by atoms with Gasteiger partial charge < -0.3 is 9.80 Å². The van der Waals surface area contributed by atoms with Gasteiger partial charge in [0.2, 0.25) is 11.8 Å². The van der Waals surface area contributed by atoms with Crippen molar-refractivity contribution in [2.45, 2.75) is 58.9 Å². The van der Waals surface area contributed by atoms with E-state index in [2.05, 4.69) is 20.8 Å². The Hall–Kier alpha value is -0.710. The molecule has 20 heavy (non-hydrogen) atoms. The van der Waals surface area contributed by atoms with Crippen LogP contribution in [0.5, 0.6) is 0 Å². The van der Waals surface area contributed by atoms with E-state index in [-0.39, 0.29) is 17.9 Å². The summed E-state index contributed by atoms with van der Waals surface area (Å²) >= 11 is 1.69. The molecule has 0 aromatic carbocycles. The molecule has 0 aliphatic carbocycles. The maximum Gasteiger partial charge on any atom is 0.246 e. The fourth-order valence-corrected chi connectivity index (χ4v) is 3.62. The Bertz CT molecular complexity index is 317. The zero-order valence-corrected chi connectivity index (χ0v) is 13.9. The molecular weight excluding hydrogens is 272 g/mol. The first-order valence-corrected chi connectivity index (χ1v) is 8.97. The van der Waals surface area contributed by atoms with Crippen LogP contribution in [-0.2, 0) is 9.59 Å². The van der Waals surface area contributed by atoms with Crippen molar-refractivity contribution in [3.8, 4) is 0 Å². The Morgan fingerprint density at radius 1 is 1.15 bits per heavy atom. The number of carbonyl (C=O) groups excluding carboxylic acids is 2. The molecule has 1 saturated heterocycles. The molecule has 1 unspecified atom stereocenters. The van der Waals surface area contributed by atoms with Crippen molar-refractivity contribution in [2.24, 2.45) is 0 Å². The van der Waals surface area contributed by atoms with Crippen LogP contribution in [0.3, 0.4) is 0 Å². The van der Waals surface area contributed by atoms with Gasteiger partial charge in [-0.15, -0.1) is 11.8 Å². The van der Waals surface area contributed by atoms with Crippen LogP contribution in [0.15, 0.2) is 0 Å². The summed E-state index contributed by atoms with van der Waals surface area (Å²) < 4.78 is 0. The fourth-order valence-electron chi connectivity index (χ4n) is 2.45. The van der Waals surface area contributed by atoms with Crippen molar-refractivity contribution in [3.05, 3.63) is 0 Å². The molecule has 2 amide bonds. The molecule has 1 heterocycles. The molecular formula is C15H28N2O2S. The van der Waals surface area contributed by atoms with Gasteiger partial charge in [-0.2, -0.15) is 0 Å². The first-order valence-electron chi connectivity index (χ1n) is 7.81. The minimum Gasteiger partial charge on any atom is -0.341 e. The second-order valence-corrected chi connectivity index (χ2v) is 6.31. The SMILES string of the molecule is CCCCC(=O)N1CSCC1C(=O)N(CCC)CCC. The van der Waals surface area contributed by atoms with E-state index < -0.39 is 0 Å². The molecule has 0 spiro atoms. The van der Waals surface area contributed by atoms with Crippen LogP contribution in [0.4, 0.5) is 0 Å². The maximum absolute atomic E-state index is 12.6. The molecule has 5 heteroatoms. The first kappa shape index (κ1) is 17.3. The highest BCUT2D eigenvalue weighted by Crippen LogP contribution is 2.24. The topological polar surface area (TPSA) is 40.6 Å². The van der Waals surface area contributed by atoms with E-state index in [1.807, 2.05) is 4.90 Å². The molecule has 1 rings (SSSR count). The third kappa shape index (κ3) is 4.69. The molecule has 0 aromatic rings. The summed E-state index contributed by atoms with van der Waals surface area (Å²) in [6.07, 6.45) is 4.44. The molecule has 4 nitrogen and oxygen atoms in total. The van der Waals surface area contributed by atoms with Crippen molar-refractivity contribution in [3.63, 3.8) is 0 Å². The van der Waals surface area contributed by atoms with Gasteiger partial charge in [0.1, 0.15) is 6.04 Å². The number of hydrogen-bond acceptors (Lipinski definition) is 3. The van der Waals surface area contributed by atoms with E-state index in [4.69, 9.17) is 0 Å². The van der Waals surface area contributed by atoms with Gasteiger partial charge in [-0.25, -0.2) is 0 Å². The second-order valence-electron chi connectivity index (χ2n) is 5.31. The van der Waals surface area contributed by atoms with E-state index >= 15 is 0 Å². The predicted octanol–water partition coefficient (Wildman–Crippen LogP) is 2.73. The highest BCUT2D eigenvalue weighted by atomic mass is 32.2. The maximum atomic E-state index is 12.6. The molecule has 116 valence electrons. The van der Waals surface area contributed by atoms with E-state index in [0.29, 0.717) is 12.3 Å². The summed E-state index contributed by atoms with van der Waals surface area (Å²) in [5.41, 5.74) is 0.